The molecule has 0 radical (unpaired) electrons. The van der Waals surface area contributed by atoms with Gasteiger partial charge in [-0.05, 0) is 30.7 Å². The van der Waals surface area contributed by atoms with Crippen molar-refractivity contribution in [1.29, 1.82) is 0 Å². The summed E-state index contributed by atoms with van der Waals surface area (Å²) in [5, 5.41) is 4.80. The fourth-order valence-corrected chi connectivity index (χ4v) is 3.30. The molecular formula is C15H23N3O2S. The molecule has 0 atom stereocenters. The van der Waals surface area contributed by atoms with Gasteiger partial charge in [-0.2, -0.15) is 0 Å². The Bertz CT molecular complexity index is 493. The van der Waals surface area contributed by atoms with Crippen LogP contribution in [0.1, 0.15) is 42.3 Å². The highest BCUT2D eigenvalue weighted by Gasteiger charge is 2.28. The Balaban J connectivity index is 1.82. The molecule has 1 saturated heterocycles. The monoisotopic (exact) mass is 309 g/mol. The zero-order valence-corrected chi connectivity index (χ0v) is 13.2. The highest BCUT2D eigenvalue weighted by Crippen LogP contribution is 2.24. The SMILES string of the molecule is CCCCNC(=O)C1CCN(C(=O)c2sccc2N)CC1. The van der Waals surface area contributed by atoms with Crippen molar-refractivity contribution in [2.24, 2.45) is 5.92 Å². The second-order valence-electron chi connectivity index (χ2n) is 5.42. The van der Waals surface area contributed by atoms with Crippen molar-refractivity contribution in [2.45, 2.75) is 32.6 Å². The summed E-state index contributed by atoms with van der Waals surface area (Å²) in [7, 11) is 0. The number of thiophene rings is 1. The molecule has 0 unspecified atom stereocenters. The number of likely N-dealkylation sites (tertiary alicyclic amines) is 1. The van der Waals surface area contributed by atoms with E-state index in [-0.39, 0.29) is 17.7 Å². The Morgan fingerprint density at radius 3 is 2.71 bits per heavy atom. The van der Waals surface area contributed by atoms with Crippen LogP contribution in [-0.4, -0.2) is 36.3 Å². The van der Waals surface area contributed by atoms with E-state index in [2.05, 4.69) is 12.2 Å². The number of piperidine rings is 1. The minimum absolute atomic E-state index is 0.00709. The molecule has 2 heterocycles. The molecule has 0 bridgehead atoms. The smallest absolute Gasteiger partial charge is 0.266 e. The Hall–Kier alpha value is -1.56. The molecule has 1 aliphatic heterocycles. The van der Waals surface area contributed by atoms with Crippen LogP contribution in [0.2, 0.25) is 0 Å². The van der Waals surface area contributed by atoms with E-state index in [1.165, 1.54) is 11.3 Å². The lowest BCUT2D eigenvalue weighted by atomic mass is 9.95. The molecular weight excluding hydrogens is 286 g/mol. The number of nitrogens with one attached hydrogen (secondary N) is 1. The summed E-state index contributed by atoms with van der Waals surface area (Å²) in [6, 6.07) is 1.76. The predicted octanol–water partition coefficient (Wildman–Crippen LogP) is 2.10. The highest BCUT2D eigenvalue weighted by atomic mass is 32.1. The number of carbonyl (C=O) groups excluding carboxylic acids is 2. The number of nitrogen functional groups attached to an aromatic ring is 1. The van der Waals surface area contributed by atoms with Gasteiger partial charge in [-0.1, -0.05) is 13.3 Å². The molecule has 6 heteroatoms. The van der Waals surface area contributed by atoms with Gasteiger partial charge in [0.25, 0.3) is 5.91 Å². The standard InChI is InChI=1S/C15H23N3O2S/c1-2-3-7-17-14(19)11-4-8-18(9-5-11)15(20)13-12(16)6-10-21-13/h6,10-11H,2-5,7-9,16H2,1H3,(H,17,19). The summed E-state index contributed by atoms with van der Waals surface area (Å²) >= 11 is 1.38. The number of anilines is 1. The van der Waals surface area contributed by atoms with E-state index in [1.54, 1.807) is 11.0 Å². The van der Waals surface area contributed by atoms with Gasteiger partial charge in [0.2, 0.25) is 5.91 Å². The van der Waals surface area contributed by atoms with E-state index in [0.29, 0.717) is 23.7 Å². The number of hydrogen-bond donors (Lipinski definition) is 2. The van der Waals surface area contributed by atoms with E-state index in [1.807, 2.05) is 5.38 Å². The first-order chi connectivity index (χ1) is 10.1. The van der Waals surface area contributed by atoms with Gasteiger partial charge in [0.05, 0.1) is 5.69 Å². The van der Waals surface area contributed by atoms with Crippen molar-refractivity contribution in [3.05, 3.63) is 16.3 Å². The van der Waals surface area contributed by atoms with E-state index in [9.17, 15) is 9.59 Å². The zero-order valence-electron chi connectivity index (χ0n) is 12.4. The van der Waals surface area contributed by atoms with E-state index in [0.717, 1.165) is 32.2 Å². The molecule has 2 amide bonds. The van der Waals surface area contributed by atoms with Crippen LogP contribution < -0.4 is 11.1 Å². The fraction of sp³-hybridized carbons (Fsp3) is 0.600. The topological polar surface area (TPSA) is 75.4 Å². The summed E-state index contributed by atoms with van der Waals surface area (Å²) in [6.45, 7) is 4.11. The summed E-state index contributed by atoms with van der Waals surface area (Å²) in [4.78, 5) is 26.7. The highest BCUT2D eigenvalue weighted by molar-refractivity contribution is 7.12. The van der Waals surface area contributed by atoms with Gasteiger partial charge < -0.3 is 16.0 Å². The molecule has 0 saturated carbocycles. The van der Waals surface area contributed by atoms with Gasteiger partial charge in [-0.25, -0.2) is 0 Å². The lowest BCUT2D eigenvalue weighted by Crippen LogP contribution is -2.43. The second kappa shape index (κ2) is 7.45. The maximum absolute atomic E-state index is 12.3. The van der Waals surface area contributed by atoms with Crippen molar-refractivity contribution >= 4 is 28.8 Å². The number of carbonyl (C=O) groups is 2. The van der Waals surface area contributed by atoms with Crippen molar-refractivity contribution < 1.29 is 9.59 Å². The lowest BCUT2D eigenvalue weighted by molar-refractivity contribution is -0.126. The van der Waals surface area contributed by atoms with Gasteiger partial charge in [0, 0.05) is 25.6 Å². The molecule has 0 aromatic carbocycles. The molecule has 21 heavy (non-hydrogen) atoms. The summed E-state index contributed by atoms with van der Waals surface area (Å²) in [6.07, 6.45) is 3.56. The largest absolute Gasteiger partial charge is 0.397 e. The molecule has 0 aliphatic carbocycles. The Morgan fingerprint density at radius 2 is 2.14 bits per heavy atom. The van der Waals surface area contributed by atoms with Gasteiger partial charge in [0.15, 0.2) is 0 Å². The molecule has 1 fully saturated rings. The number of nitrogens with zero attached hydrogens (tertiary/aromatic N) is 1. The minimum Gasteiger partial charge on any atom is -0.397 e. The number of nitrogens with two attached hydrogens (primary N) is 1. The Morgan fingerprint density at radius 1 is 1.43 bits per heavy atom. The summed E-state index contributed by atoms with van der Waals surface area (Å²) in [5.74, 6) is 0.158. The normalized spacial score (nSPS) is 16.0. The van der Waals surface area contributed by atoms with E-state index in [4.69, 9.17) is 5.73 Å². The van der Waals surface area contributed by atoms with Gasteiger partial charge in [-0.15, -0.1) is 11.3 Å². The third-order valence-electron chi connectivity index (χ3n) is 3.87. The van der Waals surface area contributed by atoms with E-state index >= 15 is 0 Å². The number of amides is 2. The number of unbranched alkanes of at least 4 members (excludes halogenated alkanes) is 1. The fourth-order valence-electron chi connectivity index (χ4n) is 2.51. The van der Waals surface area contributed by atoms with Gasteiger partial charge in [0.1, 0.15) is 4.88 Å². The second-order valence-corrected chi connectivity index (χ2v) is 6.33. The van der Waals surface area contributed by atoms with Crippen molar-refractivity contribution in [1.82, 2.24) is 10.2 Å². The third kappa shape index (κ3) is 3.97. The molecule has 116 valence electrons. The van der Waals surface area contributed by atoms with Gasteiger partial charge >= 0.3 is 0 Å². The maximum atomic E-state index is 12.3. The average molecular weight is 309 g/mol. The van der Waals surface area contributed by atoms with Crippen LogP contribution in [0.25, 0.3) is 0 Å². The first-order valence-electron chi connectivity index (χ1n) is 7.53. The molecule has 0 spiro atoms. The zero-order chi connectivity index (χ0) is 15.2. The van der Waals surface area contributed by atoms with Crippen molar-refractivity contribution in [3.63, 3.8) is 0 Å². The Labute approximate surface area is 129 Å². The quantitative estimate of drug-likeness (QED) is 0.818. The first kappa shape index (κ1) is 15.8. The van der Waals surface area contributed by atoms with Crippen molar-refractivity contribution in [3.8, 4) is 0 Å². The van der Waals surface area contributed by atoms with Crippen LogP contribution in [-0.2, 0) is 4.79 Å². The summed E-state index contributed by atoms with van der Waals surface area (Å²) in [5.41, 5.74) is 6.34. The van der Waals surface area contributed by atoms with Crippen LogP contribution in [0.3, 0.4) is 0 Å². The van der Waals surface area contributed by atoms with Crippen LogP contribution in [0.15, 0.2) is 11.4 Å². The number of hydrogen-bond acceptors (Lipinski definition) is 4. The lowest BCUT2D eigenvalue weighted by Gasteiger charge is -2.31. The Kier molecular flexibility index (Phi) is 5.61. The third-order valence-corrected chi connectivity index (χ3v) is 4.79. The molecule has 1 aromatic heterocycles. The van der Waals surface area contributed by atoms with Crippen molar-refractivity contribution in [2.75, 3.05) is 25.4 Å². The van der Waals surface area contributed by atoms with Crippen LogP contribution in [0.4, 0.5) is 5.69 Å². The summed E-state index contributed by atoms with van der Waals surface area (Å²) < 4.78 is 0. The molecule has 1 aliphatic rings. The minimum atomic E-state index is -0.00709. The van der Waals surface area contributed by atoms with Gasteiger partial charge in [-0.3, -0.25) is 9.59 Å². The average Bonchev–Trinajstić information content (AvgIpc) is 2.93. The molecule has 1 aromatic rings. The number of rotatable bonds is 5. The molecule has 3 N–H and O–H groups in total. The van der Waals surface area contributed by atoms with Crippen LogP contribution >= 0.6 is 11.3 Å². The van der Waals surface area contributed by atoms with Crippen LogP contribution in [0, 0.1) is 5.92 Å². The first-order valence-corrected chi connectivity index (χ1v) is 8.41. The predicted molar refractivity (Wildman–Crippen MR) is 85.3 cm³/mol. The van der Waals surface area contributed by atoms with Crippen LogP contribution in [0.5, 0.6) is 0 Å². The molecule has 5 nitrogen and oxygen atoms in total. The maximum Gasteiger partial charge on any atom is 0.266 e. The molecule has 2 rings (SSSR count). The van der Waals surface area contributed by atoms with E-state index < -0.39 is 0 Å².